The maximum absolute atomic E-state index is 3.66. The summed E-state index contributed by atoms with van der Waals surface area (Å²) in [6.07, 6.45) is 1.19. The minimum absolute atomic E-state index is 0.444. The minimum atomic E-state index is 0.444. The van der Waals surface area contributed by atoms with Gasteiger partial charge in [0, 0.05) is 14.1 Å². The number of halogens is 2. The molecule has 1 nitrogen and oxygen atoms in total. The fraction of sp³-hybridized carbons (Fsp3) is 0.538. The zero-order chi connectivity index (χ0) is 12.1. The molecule has 0 saturated heterocycles. The molecular weight excluding hydrogens is 377 g/mol. The van der Waals surface area contributed by atoms with Crippen molar-refractivity contribution in [2.75, 3.05) is 6.54 Å². The van der Waals surface area contributed by atoms with E-state index in [0.29, 0.717) is 12.0 Å². The first-order chi connectivity index (χ1) is 7.60. The first kappa shape index (κ1) is 14.5. The van der Waals surface area contributed by atoms with Crippen LogP contribution in [0.15, 0.2) is 22.7 Å². The van der Waals surface area contributed by atoms with Gasteiger partial charge in [-0.15, -0.1) is 0 Å². The Morgan fingerprint density at radius 3 is 2.62 bits per heavy atom. The van der Waals surface area contributed by atoms with Crippen molar-refractivity contribution in [3.05, 3.63) is 31.8 Å². The minimum Gasteiger partial charge on any atom is -0.310 e. The van der Waals surface area contributed by atoms with Crippen LogP contribution in [0.3, 0.4) is 0 Å². The maximum atomic E-state index is 3.66. The Labute approximate surface area is 121 Å². The summed E-state index contributed by atoms with van der Waals surface area (Å²) in [7, 11) is 0. The first-order valence-electron chi connectivity index (χ1n) is 5.78. The molecule has 0 heterocycles. The summed E-state index contributed by atoms with van der Waals surface area (Å²) in [5.74, 6) is 0.648. The van der Waals surface area contributed by atoms with Crippen molar-refractivity contribution in [3.8, 4) is 0 Å². The lowest BCUT2D eigenvalue weighted by Crippen LogP contribution is -2.27. The van der Waals surface area contributed by atoms with Crippen molar-refractivity contribution in [3.63, 3.8) is 0 Å². The molecular formula is C13H19BrIN. The highest BCUT2D eigenvalue weighted by molar-refractivity contribution is 14.1. The SMILES string of the molecule is CCNC(c1cc(I)ccc1Br)C(C)CC. The van der Waals surface area contributed by atoms with E-state index in [2.05, 4.69) is 82.8 Å². The molecule has 0 bridgehead atoms. The normalized spacial score (nSPS) is 14.8. The van der Waals surface area contributed by atoms with E-state index in [4.69, 9.17) is 0 Å². The summed E-state index contributed by atoms with van der Waals surface area (Å²) >= 11 is 6.03. The van der Waals surface area contributed by atoms with Gasteiger partial charge in [-0.1, -0.05) is 43.1 Å². The summed E-state index contributed by atoms with van der Waals surface area (Å²) < 4.78 is 2.50. The number of nitrogens with one attached hydrogen (secondary N) is 1. The van der Waals surface area contributed by atoms with E-state index in [-0.39, 0.29) is 0 Å². The van der Waals surface area contributed by atoms with Crippen molar-refractivity contribution in [1.82, 2.24) is 5.32 Å². The Morgan fingerprint density at radius 1 is 1.38 bits per heavy atom. The zero-order valence-electron chi connectivity index (χ0n) is 10.1. The van der Waals surface area contributed by atoms with Crippen LogP contribution in [0.5, 0.6) is 0 Å². The predicted molar refractivity (Wildman–Crippen MR) is 82.7 cm³/mol. The quantitative estimate of drug-likeness (QED) is 0.709. The van der Waals surface area contributed by atoms with E-state index >= 15 is 0 Å². The van der Waals surface area contributed by atoms with Gasteiger partial charge < -0.3 is 5.32 Å². The third-order valence-electron chi connectivity index (χ3n) is 2.93. The Hall–Kier alpha value is 0.390. The molecule has 0 fully saturated rings. The standard InChI is InChI=1S/C13H19BrIN/c1-4-9(3)13(16-5-2)11-8-10(15)6-7-12(11)14/h6-9,13,16H,4-5H2,1-3H3. The van der Waals surface area contributed by atoms with Gasteiger partial charge in [-0.3, -0.25) is 0 Å². The molecule has 0 aromatic heterocycles. The number of benzene rings is 1. The molecule has 0 amide bonds. The average Bonchev–Trinajstić information content (AvgIpc) is 2.28. The molecule has 0 saturated carbocycles. The lowest BCUT2D eigenvalue weighted by molar-refractivity contribution is 0.382. The second-order valence-electron chi connectivity index (χ2n) is 4.09. The fourth-order valence-corrected chi connectivity index (χ4v) is 2.83. The van der Waals surface area contributed by atoms with Crippen LogP contribution < -0.4 is 5.32 Å². The number of rotatable bonds is 5. The van der Waals surface area contributed by atoms with Crippen LogP contribution in [-0.2, 0) is 0 Å². The van der Waals surface area contributed by atoms with Gasteiger partial charge in [0.15, 0.2) is 0 Å². The molecule has 0 aliphatic carbocycles. The van der Waals surface area contributed by atoms with Crippen molar-refractivity contribution in [2.45, 2.75) is 33.2 Å². The van der Waals surface area contributed by atoms with E-state index in [1.807, 2.05) is 0 Å². The van der Waals surface area contributed by atoms with Gasteiger partial charge in [0.25, 0.3) is 0 Å². The maximum Gasteiger partial charge on any atom is 0.0357 e. The van der Waals surface area contributed by atoms with Gasteiger partial charge in [-0.05, 0) is 58.8 Å². The molecule has 0 spiro atoms. The topological polar surface area (TPSA) is 12.0 Å². The molecule has 2 unspecified atom stereocenters. The molecule has 2 atom stereocenters. The molecule has 1 aromatic rings. The van der Waals surface area contributed by atoms with Crippen LogP contribution in [-0.4, -0.2) is 6.54 Å². The number of hydrogen-bond donors (Lipinski definition) is 1. The van der Waals surface area contributed by atoms with Crippen molar-refractivity contribution >= 4 is 38.5 Å². The highest BCUT2D eigenvalue weighted by Crippen LogP contribution is 2.31. The largest absolute Gasteiger partial charge is 0.310 e. The monoisotopic (exact) mass is 395 g/mol. The zero-order valence-corrected chi connectivity index (χ0v) is 13.8. The van der Waals surface area contributed by atoms with Gasteiger partial charge in [-0.2, -0.15) is 0 Å². The van der Waals surface area contributed by atoms with Crippen LogP contribution >= 0.6 is 38.5 Å². The smallest absolute Gasteiger partial charge is 0.0357 e. The molecule has 3 heteroatoms. The lowest BCUT2D eigenvalue weighted by Gasteiger charge is -2.25. The van der Waals surface area contributed by atoms with Crippen LogP contribution in [0.1, 0.15) is 38.8 Å². The highest BCUT2D eigenvalue weighted by atomic mass is 127. The Balaban J connectivity index is 3.04. The van der Waals surface area contributed by atoms with Crippen LogP contribution in [0.2, 0.25) is 0 Å². The van der Waals surface area contributed by atoms with Crippen molar-refractivity contribution in [1.29, 1.82) is 0 Å². The van der Waals surface area contributed by atoms with Crippen LogP contribution in [0.4, 0.5) is 0 Å². The van der Waals surface area contributed by atoms with Crippen LogP contribution in [0.25, 0.3) is 0 Å². The fourth-order valence-electron chi connectivity index (χ4n) is 1.83. The van der Waals surface area contributed by atoms with Gasteiger partial charge in [-0.25, -0.2) is 0 Å². The Bertz CT molecular complexity index is 341. The molecule has 0 aliphatic rings. The Morgan fingerprint density at radius 2 is 2.06 bits per heavy atom. The van der Waals surface area contributed by atoms with E-state index in [0.717, 1.165) is 6.54 Å². The van der Waals surface area contributed by atoms with Crippen LogP contribution in [0, 0.1) is 9.49 Å². The molecule has 1 rings (SSSR count). The summed E-state index contributed by atoms with van der Waals surface area (Å²) in [6, 6.07) is 6.99. The highest BCUT2D eigenvalue weighted by Gasteiger charge is 2.19. The van der Waals surface area contributed by atoms with E-state index in [1.54, 1.807) is 0 Å². The summed E-state index contributed by atoms with van der Waals surface area (Å²) in [4.78, 5) is 0. The molecule has 1 aromatic carbocycles. The lowest BCUT2D eigenvalue weighted by atomic mass is 9.92. The summed E-state index contributed by atoms with van der Waals surface area (Å²) in [6.45, 7) is 7.72. The second kappa shape index (κ2) is 6.97. The molecule has 16 heavy (non-hydrogen) atoms. The molecule has 0 aliphatic heterocycles. The third-order valence-corrected chi connectivity index (χ3v) is 4.32. The molecule has 90 valence electrons. The van der Waals surface area contributed by atoms with Gasteiger partial charge in [0.2, 0.25) is 0 Å². The third kappa shape index (κ3) is 3.70. The van der Waals surface area contributed by atoms with Gasteiger partial charge >= 0.3 is 0 Å². The number of hydrogen-bond acceptors (Lipinski definition) is 1. The summed E-state index contributed by atoms with van der Waals surface area (Å²) in [5.41, 5.74) is 1.38. The van der Waals surface area contributed by atoms with Gasteiger partial charge in [0.05, 0.1) is 0 Å². The van der Waals surface area contributed by atoms with Gasteiger partial charge in [0.1, 0.15) is 0 Å². The van der Waals surface area contributed by atoms with Crippen molar-refractivity contribution in [2.24, 2.45) is 5.92 Å². The van der Waals surface area contributed by atoms with E-state index in [9.17, 15) is 0 Å². The predicted octanol–water partition coefficient (Wildman–Crippen LogP) is 4.75. The average molecular weight is 396 g/mol. The second-order valence-corrected chi connectivity index (χ2v) is 6.19. The first-order valence-corrected chi connectivity index (χ1v) is 7.65. The molecule has 0 radical (unpaired) electrons. The van der Waals surface area contributed by atoms with Crippen molar-refractivity contribution < 1.29 is 0 Å². The Kier molecular flexibility index (Phi) is 6.29. The van der Waals surface area contributed by atoms with E-state index < -0.39 is 0 Å². The molecule has 1 N–H and O–H groups in total. The summed E-state index contributed by atoms with van der Waals surface area (Å²) in [5, 5.41) is 3.58. The van der Waals surface area contributed by atoms with E-state index in [1.165, 1.54) is 20.0 Å².